The lowest BCUT2D eigenvalue weighted by Crippen LogP contribution is -2.28. The van der Waals surface area contributed by atoms with E-state index < -0.39 is 0 Å². The summed E-state index contributed by atoms with van der Waals surface area (Å²) in [4.78, 5) is 11.2. The molecule has 0 saturated carbocycles. The van der Waals surface area contributed by atoms with Gasteiger partial charge in [0.25, 0.3) is 0 Å². The highest BCUT2D eigenvalue weighted by Crippen LogP contribution is 1.92. The lowest BCUT2D eigenvalue weighted by Gasteiger charge is -2.07. The first kappa shape index (κ1) is 10.7. The van der Waals surface area contributed by atoms with Crippen molar-refractivity contribution in [3.8, 4) is 0 Å². The van der Waals surface area contributed by atoms with Gasteiger partial charge in [-0.3, -0.25) is 9.89 Å². The zero-order valence-corrected chi connectivity index (χ0v) is 8.41. The Morgan fingerprint density at radius 1 is 1.71 bits per heavy atom. The fraction of sp³-hybridized carbons (Fsp3) is 0.556. The third-order valence-electron chi connectivity index (χ3n) is 1.59. The molecule has 0 saturated heterocycles. The lowest BCUT2D eigenvalue weighted by molar-refractivity contribution is -0.127. The molecule has 5 nitrogen and oxygen atoms in total. The van der Waals surface area contributed by atoms with Gasteiger partial charge in [0.05, 0.1) is 12.3 Å². The minimum Gasteiger partial charge on any atom is -0.369 e. The van der Waals surface area contributed by atoms with Crippen molar-refractivity contribution in [1.29, 1.82) is 0 Å². The van der Waals surface area contributed by atoms with Crippen LogP contribution in [0.4, 0.5) is 0 Å². The van der Waals surface area contributed by atoms with E-state index in [4.69, 9.17) is 4.74 Å². The summed E-state index contributed by atoms with van der Waals surface area (Å²) in [6.07, 6.45) is 3.49. The van der Waals surface area contributed by atoms with E-state index in [2.05, 4.69) is 15.5 Å². The van der Waals surface area contributed by atoms with Crippen molar-refractivity contribution in [2.75, 3.05) is 6.61 Å². The van der Waals surface area contributed by atoms with Gasteiger partial charge in [0, 0.05) is 18.3 Å². The van der Waals surface area contributed by atoms with Crippen molar-refractivity contribution in [1.82, 2.24) is 15.5 Å². The second kappa shape index (κ2) is 5.39. The number of nitrogens with zero attached hydrogens (tertiary/aromatic N) is 1. The van der Waals surface area contributed by atoms with Crippen molar-refractivity contribution in [3.05, 3.63) is 18.0 Å². The van der Waals surface area contributed by atoms with Crippen LogP contribution in [0.25, 0.3) is 0 Å². The third-order valence-corrected chi connectivity index (χ3v) is 1.59. The van der Waals surface area contributed by atoms with E-state index in [1.165, 1.54) is 0 Å². The Kier molecular flexibility index (Phi) is 4.12. The molecular weight excluding hydrogens is 182 g/mol. The van der Waals surface area contributed by atoms with Gasteiger partial charge in [-0.15, -0.1) is 0 Å². The van der Waals surface area contributed by atoms with Crippen LogP contribution in [-0.4, -0.2) is 28.8 Å². The Morgan fingerprint density at radius 2 is 2.50 bits per heavy atom. The van der Waals surface area contributed by atoms with Gasteiger partial charge in [-0.2, -0.15) is 5.10 Å². The van der Waals surface area contributed by atoms with Crippen LogP contribution in [0.2, 0.25) is 0 Å². The van der Waals surface area contributed by atoms with Crippen LogP contribution in [0.1, 0.15) is 19.4 Å². The Bertz CT molecular complexity index is 270. The predicted molar refractivity (Wildman–Crippen MR) is 51.5 cm³/mol. The minimum atomic E-state index is -0.111. The van der Waals surface area contributed by atoms with E-state index in [0.29, 0.717) is 6.54 Å². The highest BCUT2D eigenvalue weighted by atomic mass is 16.5. The van der Waals surface area contributed by atoms with Gasteiger partial charge in [-0.05, 0) is 13.8 Å². The van der Waals surface area contributed by atoms with Gasteiger partial charge in [-0.1, -0.05) is 0 Å². The highest BCUT2D eigenvalue weighted by Gasteiger charge is 2.02. The van der Waals surface area contributed by atoms with Gasteiger partial charge in [0.1, 0.15) is 6.61 Å². The summed E-state index contributed by atoms with van der Waals surface area (Å²) in [6.45, 7) is 4.37. The summed E-state index contributed by atoms with van der Waals surface area (Å²) in [5.74, 6) is -0.111. The zero-order chi connectivity index (χ0) is 10.4. The van der Waals surface area contributed by atoms with Gasteiger partial charge in [0.15, 0.2) is 0 Å². The molecule has 0 unspecified atom stereocenters. The second-order valence-corrected chi connectivity index (χ2v) is 3.24. The number of rotatable bonds is 5. The molecule has 0 spiro atoms. The molecule has 0 aromatic carbocycles. The molecule has 1 heterocycles. The maximum absolute atomic E-state index is 11.2. The van der Waals surface area contributed by atoms with Crippen LogP contribution < -0.4 is 5.32 Å². The Morgan fingerprint density at radius 3 is 3.07 bits per heavy atom. The zero-order valence-electron chi connectivity index (χ0n) is 8.41. The molecule has 0 radical (unpaired) electrons. The van der Waals surface area contributed by atoms with Crippen molar-refractivity contribution in [2.24, 2.45) is 0 Å². The van der Waals surface area contributed by atoms with Gasteiger partial charge in [-0.25, -0.2) is 0 Å². The van der Waals surface area contributed by atoms with E-state index in [1.807, 2.05) is 13.8 Å². The number of ether oxygens (including phenoxy) is 1. The molecule has 1 aromatic heterocycles. The average Bonchev–Trinajstić information content (AvgIpc) is 2.63. The Labute approximate surface area is 82.8 Å². The van der Waals surface area contributed by atoms with Crippen LogP contribution in [0.3, 0.4) is 0 Å². The third kappa shape index (κ3) is 4.04. The quantitative estimate of drug-likeness (QED) is 0.720. The van der Waals surface area contributed by atoms with Crippen molar-refractivity contribution < 1.29 is 9.53 Å². The van der Waals surface area contributed by atoms with E-state index in [1.54, 1.807) is 12.4 Å². The van der Waals surface area contributed by atoms with Crippen LogP contribution >= 0.6 is 0 Å². The number of amides is 1. The summed E-state index contributed by atoms with van der Waals surface area (Å²) in [5, 5.41) is 9.15. The Hall–Kier alpha value is -1.36. The number of aromatic amines is 1. The van der Waals surface area contributed by atoms with Crippen molar-refractivity contribution in [2.45, 2.75) is 26.5 Å². The van der Waals surface area contributed by atoms with Crippen LogP contribution in [0.15, 0.2) is 12.4 Å². The number of nitrogens with one attached hydrogen (secondary N) is 2. The van der Waals surface area contributed by atoms with Crippen LogP contribution in [0.5, 0.6) is 0 Å². The topological polar surface area (TPSA) is 67.0 Å². The molecule has 0 aliphatic rings. The standard InChI is InChI=1S/C9H15N3O2/c1-7(2)14-6-9(13)10-3-8-4-11-12-5-8/h4-5,7H,3,6H2,1-2H3,(H,10,13)(H,11,12). The van der Waals surface area contributed by atoms with E-state index in [9.17, 15) is 4.79 Å². The molecule has 78 valence electrons. The fourth-order valence-corrected chi connectivity index (χ4v) is 0.868. The van der Waals surface area contributed by atoms with Crippen molar-refractivity contribution >= 4 is 5.91 Å². The second-order valence-electron chi connectivity index (χ2n) is 3.24. The molecule has 5 heteroatoms. The first-order valence-corrected chi connectivity index (χ1v) is 4.54. The summed E-state index contributed by atoms with van der Waals surface area (Å²) in [7, 11) is 0. The molecule has 1 aromatic rings. The number of aromatic nitrogens is 2. The number of H-pyrrole nitrogens is 1. The number of carbonyl (C=O) groups is 1. The summed E-state index contributed by atoms with van der Waals surface area (Å²) in [5.41, 5.74) is 0.947. The molecule has 2 N–H and O–H groups in total. The summed E-state index contributed by atoms with van der Waals surface area (Å²) in [6, 6.07) is 0. The number of hydrogen-bond acceptors (Lipinski definition) is 3. The molecule has 1 amide bonds. The molecule has 0 atom stereocenters. The Balaban J connectivity index is 2.15. The van der Waals surface area contributed by atoms with E-state index in [0.717, 1.165) is 5.56 Å². The van der Waals surface area contributed by atoms with Gasteiger partial charge >= 0.3 is 0 Å². The number of carbonyl (C=O) groups excluding carboxylic acids is 1. The molecule has 0 bridgehead atoms. The highest BCUT2D eigenvalue weighted by molar-refractivity contribution is 5.77. The first-order valence-electron chi connectivity index (χ1n) is 4.54. The molecule has 1 rings (SSSR count). The molecule has 0 aliphatic carbocycles. The molecule has 14 heavy (non-hydrogen) atoms. The van der Waals surface area contributed by atoms with E-state index >= 15 is 0 Å². The molecular formula is C9H15N3O2. The average molecular weight is 197 g/mol. The maximum atomic E-state index is 11.2. The first-order chi connectivity index (χ1) is 6.68. The summed E-state index contributed by atoms with van der Waals surface area (Å²) < 4.78 is 5.14. The van der Waals surface area contributed by atoms with Crippen molar-refractivity contribution in [3.63, 3.8) is 0 Å². The van der Waals surface area contributed by atoms with E-state index in [-0.39, 0.29) is 18.6 Å². The minimum absolute atomic E-state index is 0.0784. The van der Waals surface area contributed by atoms with Gasteiger partial charge in [0.2, 0.25) is 5.91 Å². The predicted octanol–water partition coefficient (Wildman–Crippen LogP) is 0.451. The summed E-state index contributed by atoms with van der Waals surface area (Å²) >= 11 is 0. The lowest BCUT2D eigenvalue weighted by atomic mass is 10.3. The largest absolute Gasteiger partial charge is 0.369 e. The maximum Gasteiger partial charge on any atom is 0.246 e. The smallest absolute Gasteiger partial charge is 0.246 e. The number of hydrogen-bond donors (Lipinski definition) is 2. The fourth-order valence-electron chi connectivity index (χ4n) is 0.868. The normalized spacial score (nSPS) is 10.5. The molecule has 0 fully saturated rings. The SMILES string of the molecule is CC(C)OCC(=O)NCc1cn[nH]c1. The molecule has 0 aliphatic heterocycles. The van der Waals surface area contributed by atoms with Crippen LogP contribution in [-0.2, 0) is 16.1 Å². The monoisotopic (exact) mass is 197 g/mol. The van der Waals surface area contributed by atoms with Crippen LogP contribution in [0, 0.1) is 0 Å². The van der Waals surface area contributed by atoms with Gasteiger partial charge < -0.3 is 10.1 Å².